The summed E-state index contributed by atoms with van der Waals surface area (Å²) in [5.74, 6) is -2.70. The van der Waals surface area contributed by atoms with Gasteiger partial charge in [0.05, 0.1) is 6.61 Å². The van der Waals surface area contributed by atoms with E-state index in [1.165, 1.54) is 25.0 Å². The third-order valence-electron chi connectivity index (χ3n) is 7.47. The van der Waals surface area contributed by atoms with Gasteiger partial charge in [0.1, 0.15) is 0 Å². The lowest BCUT2D eigenvalue weighted by Gasteiger charge is -2.29. The fourth-order valence-corrected chi connectivity index (χ4v) is 5.43. The van der Waals surface area contributed by atoms with E-state index < -0.39 is 23.3 Å². The number of aryl methyl sites for hydroxylation is 2. The van der Waals surface area contributed by atoms with Gasteiger partial charge < -0.3 is 4.74 Å². The molecule has 3 aromatic carbocycles. The van der Waals surface area contributed by atoms with Crippen LogP contribution in [0.25, 0.3) is 11.1 Å². The molecule has 0 amide bonds. The zero-order valence-corrected chi connectivity index (χ0v) is 21.1. The highest BCUT2D eigenvalue weighted by atomic mass is 19.2. The van der Waals surface area contributed by atoms with Crippen LogP contribution in [0, 0.1) is 29.2 Å². The van der Waals surface area contributed by atoms with Gasteiger partial charge in [0, 0.05) is 5.56 Å². The van der Waals surface area contributed by atoms with E-state index in [-0.39, 0.29) is 23.8 Å². The molecular weight excluding hydrogens is 464 g/mol. The summed E-state index contributed by atoms with van der Waals surface area (Å²) in [5.41, 5.74) is 2.46. The van der Waals surface area contributed by atoms with E-state index >= 15 is 0 Å². The minimum absolute atomic E-state index is 0.0991. The lowest BCUT2D eigenvalue weighted by molar-refractivity contribution is 0.302. The summed E-state index contributed by atoms with van der Waals surface area (Å²) in [6, 6.07) is 13.4. The smallest absolute Gasteiger partial charge is 0.201 e. The monoisotopic (exact) mass is 498 g/mol. The van der Waals surface area contributed by atoms with Crippen molar-refractivity contribution in [2.45, 2.75) is 71.1 Å². The molecule has 0 aromatic heterocycles. The first-order valence-corrected chi connectivity index (χ1v) is 13.1. The Morgan fingerprint density at radius 3 is 2.11 bits per heavy atom. The molecule has 0 atom stereocenters. The summed E-state index contributed by atoms with van der Waals surface area (Å²) in [6.45, 7) is 4.15. The van der Waals surface area contributed by atoms with Crippen LogP contribution in [0.1, 0.15) is 75.0 Å². The zero-order valence-electron chi connectivity index (χ0n) is 21.1. The highest BCUT2D eigenvalue weighted by Gasteiger charge is 2.26. The molecule has 36 heavy (non-hydrogen) atoms. The minimum Gasteiger partial charge on any atom is -0.491 e. The van der Waals surface area contributed by atoms with E-state index in [2.05, 4.69) is 6.92 Å². The lowest BCUT2D eigenvalue weighted by Crippen LogP contribution is -2.15. The van der Waals surface area contributed by atoms with Crippen LogP contribution in [-0.2, 0) is 12.8 Å². The van der Waals surface area contributed by atoms with Gasteiger partial charge in [-0.05, 0) is 91.7 Å². The largest absolute Gasteiger partial charge is 0.491 e. The molecule has 0 spiro atoms. The van der Waals surface area contributed by atoms with Gasteiger partial charge in [-0.3, -0.25) is 0 Å². The fourth-order valence-electron chi connectivity index (χ4n) is 5.43. The first-order chi connectivity index (χ1) is 17.4. The van der Waals surface area contributed by atoms with E-state index in [1.807, 2.05) is 0 Å². The molecule has 0 N–H and O–H groups in total. The second-order valence-corrected chi connectivity index (χ2v) is 9.82. The third-order valence-corrected chi connectivity index (χ3v) is 7.47. The van der Waals surface area contributed by atoms with Crippen molar-refractivity contribution in [3.05, 3.63) is 88.5 Å². The van der Waals surface area contributed by atoms with Crippen LogP contribution < -0.4 is 4.74 Å². The lowest BCUT2D eigenvalue weighted by atomic mass is 9.77. The van der Waals surface area contributed by atoms with Gasteiger partial charge in [0.15, 0.2) is 23.2 Å². The predicted octanol–water partition coefficient (Wildman–Crippen LogP) is 9.17. The summed E-state index contributed by atoms with van der Waals surface area (Å²) in [4.78, 5) is 0. The summed E-state index contributed by atoms with van der Waals surface area (Å²) in [5, 5.41) is 0. The van der Waals surface area contributed by atoms with Crippen molar-refractivity contribution in [1.29, 1.82) is 0 Å². The molecule has 1 nitrogen and oxygen atoms in total. The van der Waals surface area contributed by atoms with Crippen molar-refractivity contribution >= 4 is 0 Å². The van der Waals surface area contributed by atoms with Crippen LogP contribution >= 0.6 is 0 Å². The second kappa shape index (κ2) is 11.9. The highest BCUT2D eigenvalue weighted by Crippen LogP contribution is 2.39. The van der Waals surface area contributed by atoms with Crippen molar-refractivity contribution in [2.75, 3.05) is 6.61 Å². The van der Waals surface area contributed by atoms with E-state index in [4.69, 9.17) is 4.74 Å². The molecule has 192 valence electrons. The summed E-state index contributed by atoms with van der Waals surface area (Å²) < 4.78 is 63.7. The summed E-state index contributed by atoms with van der Waals surface area (Å²) >= 11 is 0. The Hall–Kier alpha value is -2.82. The molecular formula is C31H34F4O. The maximum Gasteiger partial charge on any atom is 0.201 e. The van der Waals surface area contributed by atoms with Crippen molar-refractivity contribution in [3.8, 4) is 16.9 Å². The highest BCUT2D eigenvalue weighted by molar-refractivity contribution is 5.65. The van der Waals surface area contributed by atoms with Crippen LogP contribution in [0.15, 0.2) is 48.5 Å². The van der Waals surface area contributed by atoms with E-state index in [1.54, 1.807) is 43.3 Å². The quantitative estimate of drug-likeness (QED) is 0.267. The number of halogens is 4. The predicted molar refractivity (Wildman–Crippen MR) is 136 cm³/mol. The Balaban J connectivity index is 1.40. The Labute approximate surface area is 211 Å². The fraction of sp³-hybridized carbons (Fsp3) is 0.419. The normalized spacial score (nSPS) is 17.8. The molecule has 0 saturated heterocycles. The van der Waals surface area contributed by atoms with Gasteiger partial charge in [-0.2, -0.15) is 4.39 Å². The molecule has 1 aliphatic rings. The van der Waals surface area contributed by atoms with Crippen LogP contribution in [0.5, 0.6) is 5.75 Å². The number of ether oxygens (including phenoxy) is 1. The maximum atomic E-state index is 15.0. The van der Waals surface area contributed by atoms with Crippen LogP contribution in [0.2, 0.25) is 0 Å². The number of hydrogen-bond donors (Lipinski definition) is 0. The molecule has 1 aliphatic carbocycles. The van der Waals surface area contributed by atoms with Crippen LogP contribution in [-0.4, -0.2) is 6.61 Å². The first kappa shape index (κ1) is 26.2. The van der Waals surface area contributed by atoms with E-state index in [0.29, 0.717) is 29.5 Å². The SMILES string of the molecule is CCCC1CCC(c2ccc(CCc3ccc(-c4ccc(OCC)c(F)c4F)cc3)c(F)c2F)CC1. The molecule has 0 unspecified atom stereocenters. The van der Waals surface area contributed by atoms with Crippen molar-refractivity contribution in [1.82, 2.24) is 0 Å². The molecule has 3 aromatic rings. The molecule has 0 heterocycles. The van der Waals surface area contributed by atoms with Gasteiger partial charge in [-0.1, -0.05) is 56.2 Å². The topological polar surface area (TPSA) is 9.23 Å². The molecule has 1 saturated carbocycles. The van der Waals surface area contributed by atoms with Gasteiger partial charge >= 0.3 is 0 Å². The maximum absolute atomic E-state index is 15.0. The van der Waals surface area contributed by atoms with Gasteiger partial charge in [-0.25, -0.2) is 13.2 Å². The number of hydrogen-bond acceptors (Lipinski definition) is 1. The molecule has 1 fully saturated rings. The average molecular weight is 499 g/mol. The molecule has 5 heteroatoms. The standard InChI is InChI=1S/C31H34F4O/c1-3-5-20-6-11-22(12-7-20)25-17-16-24(28(32)29(25)33)15-10-21-8-13-23(14-9-21)26-18-19-27(36-4-2)31(35)30(26)34/h8-9,13-14,16-20,22H,3-7,10-12,15H2,1-2H3. The van der Waals surface area contributed by atoms with Crippen molar-refractivity contribution in [3.63, 3.8) is 0 Å². The average Bonchev–Trinajstić information content (AvgIpc) is 2.89. The third kappa shape index (κ3) is 5.77. The Morgan fingerprint density at radius 2 is 1.44 bits per heavy atom. The number of benzene rings is 3. The van der Waals surface area contributed by atoms with E-state index in [0.717, 1.165) is 37.2 Å². The summed E-state index contributed by atoms with van der Waals surface area (Å²) in [6.07, 6.45) is 7.28. The Bertz CT molecular complexity index is 1160. The van der Waals surface area contributed by atoms with E-state index in [9.17, 15) is 17.6 Å². The zero-order chi connectivity index (χ0) is 25.7. The molecule has 0 bridgehead atoms. The van der Waals surface area contributed by atoms with Crippen molar-refractivity contribution < 1.29 is 22.3 Å². The van der Waals surface area contributed by atoms with Gasteiger partial charge in [0.25, 0.3) is 0 Å². The molecule has 4 rings (SSSR count). The van der Waals surface area contributed by atoms with Crippen LogP contribution in [0.4, 0.5) is 17.6 Å². The van der Waals surface area contributed by atoms with Crippen molar-refractivity contribution in [2.24, 2.45) is 5.92 Å². The summed E-state index contributed by atoms with van der Waals surface area (Å²) in [7, 11) is 0. The van der Waals surface area contributed by atoms with Crippen LogP contribution in [0.3, 0.4) is 0 Å². The first-order valence-electron chi connectivity index (χ1n) is 13.1. The Morgan fingerprint density at radius 1 is 0.722 bits per heavy atom. The number of rotatable bonds is 9. The minimum atomic E-state index is -1.01. The molecule has 0 radical (unpaired) electrons. The Kier molecular flexibility index (Phi) is 8.71. The second-order valence-electron chi connectivity index (χ2n) is 9.82. The van der Waals surface area contributed by atoms with Gasteiger partial charge in [0.2, 0.25) is 5.82 Å². The van der Waals surface area contributed by atoms with Gasteiger partial charge in [-0.15, -0.1) is 0 Å². The molecule has 0 aliphatic heterocycles.